The molecule has 0 amide bonds. The Kier molecular flexibility index (Phi) is 2.73. The van der Waals surface area contributed by atoms with E-state index in [-0.39, 0.29) is 0 Å². The molecule has 0 aromatic carbocycles. The van der Waals surface area contributed by atoms with Crippen LogP contribution in [0.1, 0.15) is 37.3 Å². The number of fused-ring (bicyclic) bond motifs is 3. The maximum Gasteiger partial charge on any atom is 0.156 e. The van der Waals surface area contributed by atoms with Crippen LogP contribution in [-0.4, -0.2) is 25.9 Å². The van der Waals surface area contributed by atoms with Crippen molar-refractivity contribution < 1.29 is 0 Å². The van der Waals surface area contributed by atoms with Crippen LogP contribution in [0.4, 0.5) is 0 Å². The third-order valence-corrected chi connectivity index (χ3v) is 4.67. The fraction of sp³-hybridized carbons (Fsp3) is 0.467. The molecular formula is C15H19N5. The molecule has 5 nitrogen and oxygen atoms in total. The number of nitrogens with one attached hydrogen (secondary N) is 1. The van der Waals surface area contributed by atoms with E-state index in [1.54, 1.807) is 0 Å². The van der Waals surface area contributed by atoms with Gasteiger partial charge in [0.05, 0.1) is 11.7 Å². The second-order valence-electron chi connectivity index (χ2n) is 5.80. The lowest BCUT2D eigenvalue weighted by Gasteiger charge is -2.27. The first-order valence-corrected chi connectivity index (χ1v) is 7.36. The van der Waals surface area contributed by atoms with Gasteiger partial charge >= 0.3 is 0 Å². The number of imidazole rings is 1. The normalized spacial score (nSPS) is 23.6. The molecule has 1 aliphatic rings. The fourth-order valence-corrected chi connectivity index (χ4v) is 3.47. The van der Waals surface area contributed by atoms with E-state index in [9.17, 15) is 0 Å². The second-order valence-corrected chi connectivity index (χ2v) is 5.80. The van der Waals surface area contributed by atoms with Crippen molar-refractivity contribution >= 4 is 16.8 Å². The lowest BCUT2D eigenvalue weighted by molar-refractivity contribution is 0.329. The van der Waals surface area contributed by atoms with Crippen molar-refractivity contribution in [1.29, 1.82) is 0 Å². The van der Waals surface area contributed by atoms with Gasteiger partial charge in [-0.2, -0.15) is 0 Å². The Labute approximate surface area is 117 Å². The first kappa shape index (κ1) is 11.9. The van der Waals surface area contributed by atoms with Crippen LogP contribution in [0.5, 0.6) is 0 Å². The Bertz CT molecular complexity index is 733. The van der Waals surface area contributed by atoms with E-state index in [0.717, 1.165) is 23.4 Å². The predicted molar refractivity (Wildman–Crippen MR) is 78.6 cm³/mol. The molecule has 0 saturated heterocycles. The van der Waals surface area contributed by atoms with E-state index >= 15 is 0 Å². The number of H-pyrrole nitrogens is 1. The zero-order valence-electron chi connectivity index (χ0n) is 11.4. The van der Waals surface area contributed by atoms with Crippen LogP contribution >= 0.6 is 0 Å². The number of rotatable bonds is 2. The zero-order chi connectivity index (χ0) is 13.5. The van der Waals surface area contributed by atoms with Crippen molar-refractivity contribution in [3.8, 4) is 0 Å². The number of aromatic amines is 1. The van der Waals surface area contributed by atoms with E-state index in [1.807, 2.05) is 18.6 Å². The maximum atomic E-state index is 5.79. The summed E-state index contributed by atoms with van der Waals surface area (Å²) >= 11 is 0. The monoisotopic (exact) mass is 269 g/mol. The van der Waals surface area contributed by atoms with E-state index in [1.165, 1.54) is 31.4 Å². The summed E-state index contributed by atoms with van der Waals surface area (Å²) in [5.41, 5.74) is 10.1. The predicted octanol–water partition coefficient (Wildman–Crippen LogP) is 2.44. The zero-order valence-corrected chi connectivity index (χ0v) is 11.4. The summed E-state index contributed by atoms with van der Waals surface area (Å²) in [5, 5.41) is 0. The van der Waals surface area contributed by atoms with Crippen molar-refractivity contribution in [3.63, 3.8) is 0 Å². The van der Waals surface area contributed by atoms with Crippen LogP contribution in [0, 0.1) is 5.92 Å². The minimum absolute atomic E-state index is 0.591. The summed E-state index contributed by atoms with van der Waals surface area (Å²) in [6.07, 6.45) is 10.7. The van der Waals surface area contributed by atoms with Gasteiger partial charge < -0.3 is 10.7 Å². The molecule has 0 radical (unpaired) electrons. The number of nitrogens with two attached hydrogens (primary N) is 1. The van der Waals surface area contributed by atoms with Crippen molar-refractivity contribution in [2.45, 2.75) is 31.6 Å². The SMILES string of the molecule is NCC1CCC(c2cnc3cnc4[nH]ccc4n23)CC1. The lowest BCUT2D eigenvalue weighted by Crippen LogP contribution is -2.21. The largest absolute Gasteiger partial charge is 0.345 e. The maximum absolute atomic E-state index is 5.79. The summed E-state index contributed by atoms with van der Waals surface area (Å²) in [7, 11) is 0. The average molecular weight is 269 g/mol. The van der Waals surface area contributed by atoms with Crippen molar-refractivity contribution in [3.05, 3.63) is 30.4 Å². The van der Waals surface area contributed by atoms with Gasteiger partial charge in [-0.3, -0.25) is 4.40 Å². The standard InChI is InChI=1S/C15H19N5/c16-7-10-1-3-11(4-2-10)13-8-18-14-9-19-15-12(20(13)14)5-6-17-15/h5-6,8-11,17H,1-4,7,16H2. The second kappa shape index (κ2) is 4.59. The quantitative estimate of drug-likeness (QED) is 0.750. The molecular weight excluding hydrogens is 250 g/mol. The first-order chi connectivity index (χ1) is 9.86. The molecule has 3 heterocycles. The van der Waals surface area contributed by atoms with Gasteiger partial charge in [0, 0.05) is 24.0 Å². The van der Waals surface area contributed by atoms with Crippen molar-refractivity contribution in [1.82, 2.24) is 19.4 Å². The van der Waals surface area contributed by atoms with Gasteiger partial charge in [0.1, 0.15) is 0 Å². The molecule has 104 valence electrons. The topological polar surface area (TPSA) is 72.0 Å². The third kappa shape index (κ3) is 1.73. The Morgan fingerprint density at radius 1 is 1.20 bits per heavy atom. The van der Waals surface area contributed by atoms with Crippen molar-refractivity contribution in [2.24, 2.45) is 11.7 Å². The molecule has 3 N–H and O–H groups in total. The van der Waals surface area contributed by atoms with Crippen LogP contribution in [0.3, 0.4) is 0 Å². The highest BCUT2D eigenvalue weighted by Gasteiger charge is 2.24. The number of nitrogens with zero attached hydrogens (tertiary/aromatic N) is 3. The van der Waals surface area contributed by atoms with Crippen molar-refractivity contribution in [2.75, 3.05) is 6.54 Å². The van der Waals surface area contributed by atoms with Crippen LogP contribution in [0.25, 0.3) is 16.8 Å². The molecule has 0 aliphatic heterocycles. The highest BCUT2D eigenvalue weighted by molar-refractivity contribution is 5.74. The molecule has 20 heavy (non-hydrogen) atoms. The van der Waals surface area contributed by atoms with Gasteiger partial charge in [0.2, 0.25) is 0 Å². The summed E-state index contributed by atoms with van der Waals surface area (Å²) < 4.78 is 2.26. The van der Waals surface area contributed by atoms with Crippen LogP contribution < -0.4 is 5.73 Å². The Hall–Kier alpha value is -1.88. The van der Waals surface area contributed by atoms with Gasteiger partial charge in [-0.05, 0) is 44.2 Å². The van der Waals surface area contributed by atoms with Gasteiger partial charge in [0.15, 0.2) is 11.3 Å². The highest BCUT2D eigenvalue weighted by atomic mass is 15.1. The fourth-order valence-electron chi connectivity index (χ4n) is 3.47. The van der Waals surface area contributed by atoms with E-state index in [4.69, 9.17) is 5.73 Å². The molecule has 3 aromatic rings. The van der Waals surface area contributed by atoms with Gasteiger partial charge in [-0.1, -0.05) is 0 Å². The molecule has 0 unspecified atom stereocenters. The number of hydrogen-bond acceptors (Lipinski definition) is 3. The van der Waals surface area contributed by atoms with Gasteiger partial charge in [-0.25, -0.2) is 9.97 Å². The Morgan fingerprint density at radius 3 is 2.85 bits per heavy atom. The molecule has 1 fully saturated rings. The summed E-state index contributed by atoms with van der Waals surface area (Å²) in [4.78, 5) is 12.1. The van der Waals surface area contributed by atoms with Crippen LogP contribution in [0.2, 0.25) is 0 Å². The molecule has 0 atom stereocenters. The molecule has 1 saturated carbocycles. The first-order valence-electron chi connectivity index (χ1n) is 7.36. The molecule has 5 heteroatoms. The third-order valence-electron chi connectivity index (χ3n) is 4.67. The van der Waals surface area contributed by atoms with Crippen LogP contribution in [0.15, 0.2) is 24.7 Å². The summed E-state index contributed by atoms with van der Waals surface area (Å²) in [5.74, 6) is 1.30. The minimum Gasteiger partial charge on any atom is -0.345 e. The molecule has 0 bridgehead atoms. The Balaban J connectivity index is 1.78. The molecule has 3 aromatic heterocycles. The van der Waals surface area contributed by atoms with Crippen LogP contribution in [-0.2, 0) is 0 Å². The minimum atomic E-state index is 0.591. The van der Waals surface area contributed by atoms with E-state index in [2.05, 4.69) is 25.4 Å². The smallest absolute Gasteiger partial charge is 0.156 e. The Morgan fingerprint density at radius 2 is 2.05 bits per heavy atom. The molecule has 0 spiro atoms. The van der Waals surface area contributed by atoms with Gasteiger partial charge in [0.25, 0.3) is 0 Å². The summed E-state index contributed by atoms with van der Waals surface area (Å²) in [6.45, 7) is 0.825. The number of hydrogen-bond donors (Lipinski definition) is 2. The lowest BCUT2D eigenvalue weighted by atomic mass is 9.81. The average Bonchev–Trinajstić information content (AvgIpc) is 3.13. The highest BCUT2D eigenvalue weighted by Crippen LogP contribution is 2.36. The number of aromatic nitrogens is 4. The molecule has 4 rings (SSSR count). The van der Waals surface area contributed by atoms with E-state index in [0.29, 0.717) is 11.8 Å². The van der Waals surface area contributed by atoms with E-state index < -0.39 is 0 Å². The molecule has 1 aliphatic carbocycles. The van der Waals surface area contributed by atoms with Gasteiger partial charge in [-0.15, -0.1) is 0 Å². The summed E-state index contributed by atoms with van der Waals surface area (Å²) in [6, 6.07) is 2.08.